The van der Waals surface area contributed by atoms with Crippen molar-refractivity contribution in [2.75, 3.05) is 44.3 Å². The second kappa shape index (κ2) is 10.3. The molecule has 7 nitrogen and oxygen atoms in total. The van der Waals surface area contributed by atoms with Crippen LogP contribution < -0.4 is 9.64 Å². The van der Waals surface area contributed by atoms with Crippen LogP contribution in [0.1, 0.15) is 48.7 Å². The fraction of sp³-hybridized carbons (Fsp3) is 0.444. The van der Waals surface area contributed by atoms with Gasteiger partial charge in [-0.05, 0) is 43.5 Å². The van der Waals surface area contributed by atoms with Gasteiger partial charge in [-0.3, -0.25) is 9.78 Å². The summed E-state index contributed by atoms with van der Waals surface area (Å²) in [5, 5.41) is 0. The SMILES string of the molecule is CC[C@H]1CCN(C(=O)c2cc(C(C)Oc3ccc(F)c(F)c3)c3nc(N4CCOCC4)cnc3c2)C1. The van der Waals surface area contributed by atoms with E-state index in [4.69, 9.17) is 14.5 Å². The summed E-state index contributed by atoms with van der Waals surface area (Å²) in [5.74, 6) is -0.550. The highest BCUT2D eigenvalue weighted by atomic mass is 19.2. The number of morpholine rings is 1. The zero-order valence-corrected chi connectivity index (χ0v) is 20.5. The Morgan fingerprint density at radius 1 is 1.17 bits per heavy atom. The van der Waals surface area contributed by atoms with E-state index in [1.165, 1.54) is 6.07 Å². The molecule has 1 aromatic heterocycles. The number of ether oxygens (including phenoxy) is 2. The monoisotopic (exact) mass is 496 g/mol. The van der Waals surface area contributed by atoms with E-state index in [1.54, 1.807) is 25.3 Å². The van der Waals surface area contributed by atoms with Gasteiger partial charge < -0.3 is 19.3 Å². The lowest BCUT2D eigenvalue weighted by Crippen LogP contribution is -2.36. The molecule has 9 heteroatoms. The topological polar surface area (TPSA) is 67.8 Å². The number of hydrogen-bond donors (Lipinski definition) is 0. The number of aromatic nitrogens is 2. The maximum Gasteiger partial charge on any atom is 0.253 e. The van der Waals surface area contributed by atoms with E-state index in [9.17, 15) is 13.6 Å². The average molecular weight is 497 g/mol. The Morgan fingerprint density at radius 2 is 1.97 bits per heavy atom. The highest BCUT2D eigenvalue weighted by Gasteiger charge is 2.28. The highest BCUT2D eigenvalue weighted by Crippen LogP contribution is 2.31. The summed E-state index contributed by atoms with van der Waals surface area (Å²) in [6.07, 6.45) is 3.17. The summed E-state index contributed by atoms with van der Waals surface area (Å²) in [6, 6.07) is 7.01. The third kappa shape index (κ3) is 4.97. The van der Waals surface area contributed by atoms with Crippen molar-refractivity contribution in [2.45, 2.75) is 32.8 Å². The van der Waals surface area contributed by atoms with Gasteiger partial charge in [-0.25, -0.2) is 13.8 Å². The molecule has 2 atom stereocenters. The normalized spacial score (nSPS) is 19.1. The number of carbonyl (C=O) groups excluding carboxylic acids is 1. The number of halogens is 2. The lowest BCUT2D eigenvalue weighted by molar-refractivity contribution is 0.0786. The first kappa shape index (κ1) is 24.4. The Kier molecular flexibility index (Phi) is 7.00. The fourth-order valence-electron chi connectivity index (χ4n) is 4.86. The first-order chi connectivity index (χ1) is 17.4. The van der Waals surface area contributed by atoms with Gasteiger partial charge in [-0.1, -0.05) is 13.3 Å². The van der Waals surface area contributed by atoms with Crippen LogP contribution in [-0.2, 0) is 4.74 Å². The molecule has 0 spiro atoms. The van der Waals surface area contributed by atoms with Crippen LogP contribution in [0.4, 0.5) is 14.6 Å². The van der Waals surface area contributed by atoms with Crippen molar-refractivity contribution in [1.29, 1.82) is 0 Å². The van der Waals surface area contributed by atoms with Crippen LogP contribution in [0, 0.1) is 17.6 Å². The second-order valence-electron chi connectivity index (χ2n) is 9.41. The molecule has 3 aromatic rings. The molecule has 190 valence electrons. The summed E-state index contributed by atoms with van der Waals surface area (Å²) in [5.41, 5.74) is 2.37. The zero-order chi connectivity index (χ0) is 25.2. The largest absolute Gasteiger partial charge is 0.486 e. The summed E-state index contributed by atoms with van der Waals surface area (Å²) in [7, 11) is 0. The third-order valence-corrected chi connectivity index (χ3v) is 7.04. The Balaban J connectivity index is 1.53. The molecule has 0 radical (unpaired) electrons. The van der Waals surface area contributed by atoms with E-state index in [2.05, 4.69) is 16.8 Å². The van der Waals surface area contributed by atoms with Gasteiger partial charge in [0.25, 0.3) is 5.91 Å². The van der Waals surface area contributed by atoms with Gasteiger partial charge in [0, 0.05) is 43.4 Å². The maximum atomic E-state index is 13.8. The highest BCUT2D eigenvalue weighted by molar-refractivity contribution is 5.98. The molecular weight excluding hydrogens is 466 g/mol. The Morgan fingerprint density at radius 3 is 2.69 bits per heavy atom. The average Bonchev–Trinajstić information content (AvgIpc) is 3.39. The molecule has 0 saturated carbocycles. The van der Waals surface area contributed by atoms with Gasteiger partial charge in [0.1, 0.15) is 17.7 Å². The van der Waals surface area contributed by atoms with Gasteiger partial charge in [0.05, 0.1) is 30.4 Å². The predicted octanol–water partition coefficient (Wildman–Crippen LogP) is 4.76. The van der Waals surface area contributed by atoms with Crippen molar-refractivity contribution in [3.05, 3.63) is 59.3 Å². The zero-order valence-electron chi connectivity index (χ0n) is 20.5. The molecule has 3 heterocycles. The van der Waals surface area contributed by atoms with Crippen molar-refractivity contribution in [1.82, 2.24) is 14.9 Å². The van der Waals surface area contributed by atoms with Crippen LogP contribution in [0.5, 0.6) is 5.75 Å². The van der Waals surface area contributed by atoms with Gasteiger partial charge in [0.15, 0.2) is 11.6 Å². The lowest BCUT2D eigenvalue weighted by atomic mass is 10.0. The van der Waals surface area contributed by atoms with Crippen LogP contribution in [-0.4, -0.2) is 60.2 Å². The number of likely N-dealkylation sites (tertiary alicyclic amines) is 1. The Labute approximate surface area is 209 Å². The molecule has 1 unspecified atom stereocenters. The van der Waals surface area contributed by atoms with E-state index in [0.29, 0.717) is 54.4 Å². The number of nitrogens with zero attached hydrogens (tertiary/aromatic N) is 4. The van der Waals surface area contributed by atoms with E-state index < -0.39 is 17.7 Å². The minimum atomic E-state index is -0.984. The molecule has 0 bridgehead atoms. The van der Waals surface area contributed by atoms with Crippen LogP contribution in [0.25, 0.3) is 11.0 Å². The van der Waals surface area contributed by atoms with Crippen LogP contribution in [0.15, 0.2) is 36.5 Å². The molecule has 2 aromatic carbocycles. The van der Waals surface area contributed by atoms with Crippen molar-refractivity contribution >= 4 is 22.8 Å². The number of rotatable bonds is 6. The first-order valence-electron chi connectivity index (χ1n) is 12.5. The molecule has 0 aliphatic carbocycles. The number of hydrogen-bond acceptors (Lipinski definition) is 6. The van der Waals surface area contributed by atoms with Gasteiger partial charge in [-0.15, -0.1) is 0 Å². The molecule has 1 amide bonds. The van der Waals surface area contributed by atoms with E-state index in [-0.39, 0.29) is 11.7 Å². The van der Waals surface area contributed by atoms with Crippen LogP contribution in [0.2, 0.25) is 0 Å². The third-order valence-electron chi connectivity index (χ3n) is 7.04. The minimum absolute atomic E-state index is 0.0480. The van der Waals surface area contributed by atoms with Gasteiger partial charge in [-0.2, -0.15) is 0 Å². The van der Waals surface area contributed by atoms with Crippen molar-refractivity contribution < 1.29 is 23.0 Å². The molecule has 2 aliphatic rings. The molecule has 36 heavy (non-hydrogen) atoms. The Bertz CT molecular complexity index is 1270. The molecule has 2 saturated heterocycles. The minimum Gasteiger partial charge on any atom is -0.486 e. The fourth-order valence-corrected chi connectivity index (χ4v) is 4.86. The summed E-state index contributed by atoms with van der Waals surface area (Å²) >= 11 is 0. The molecule has 5 rings (SSSR count). The maximum absolute atomic E-state index is 13.8. The summed E-state index contributed by atoms with van der Waals surface area (Å²) < 4.78 is 38.7. The van der Waals surface area contributed by atoms with E-state index >= 15 is 0 Å². The van der Waals surface area contributed by atoms with E-state index in [0.717, 1.165) is 43.9 Å². The number of carbonyl (C=O) groups is 1. The van der Waals surface area contributed by atoms with Gasteiger partial charge in [0.2, 0.25) is 0 Å². The first-order valence-corrected chi connectivity index (χ1v) is 12.5. The van der Waals surface area contributed by atoms with Crippen molar-refractivity contribution in [3.63, 3.8) is 0 Å². The molecule has 2 aliphatic heterocycles. The molecule has 0 N–H and O–H groups in total. The standard InChI is InChI=1S/C27H30F2N4O3/c1-3-18-6-7-33(16-18)27(34)19-12-21(17(2)36-20-4-5-22(28)23(29)14-20)26-24(13-19)30-15-25(31-26)32-8-10-35-11-9-32/h4-5,12-15,17-18H,3,6-11,16H2,1-2H3/t17?,18-/m0/s1. The number of benzene rings is 2. The van der Waals surface area contributed by atoms with Crippen LogP contribution >= 0.6 is 0 Å². The number of anilines is 1. The number of fused-ring (bicyclic) bond motifs is 1. The smallest absolute Gasteiger partial charge is 0.253 e. The van der Waals surface area contributed by atoms with E-state index in [1.807, 2.05) is 4.90 Å². The lowest BCUT2D eigenvalue weighted by Gasteiger charge is -2.28. The predicted molar refractivity (Wildman–Crippen MR) is 132 cm³/mol. The summed E-state index contributed by atoms with van der Waals surface area (Å²) in [4.78, 5) is 26.9. The second-order valence-corrected chi connectivity index (χ2v) is 9.41. The van der Waals surface area contributed by atoms with Crippen LogP contribution in [0.3, 0.4) is 0 Å². The van der Waals surface area contributed by atoms with Gasteiger partial charge >= 0.3 is 0 Å². The number of amides is 1. The van der Waals surface area contributed by atoms with Crippen molar-refractivity contribution in [3.8, 4) is 5.75 Å². The van der Waals surface area contributed by atoms with Crippen molar-refractivity contribution in [2.24, 2.45) is 5.92 Å². The molecule has 2 fully saturated rings. The quantitative estimate of drug-likeness (QED) is 0.490. The molecular formula is C27H30F2N4O3. The Hall–Kier alpha value is -3.33. The summed E-state index contributed by atoms with van der Waals surface area (Å²) in [6.45, 7) is 8.07.